The molecular formula is C32H30N4O6S. The highest BCUT2D eigenvalue weighted by molar-refractivity contribution is 7.07. The normalized spacial score (nSPS) is 12.8. The Morgan fingerprint density at radius 3 is 2.67 bits per heavy atom. The molecule has 1 aromatic heterocycles. The summed E-state index contributed by atoms with van der Waals surface area (Å²) in [6.45, 7) is 6.63. The van der Waals surface area contributed by atoms with Crippen molar-refractivity contribution < 1.29 is 28.5 Å². The van der Waals surface area contributed by atoms with Gasteiger partial charge in [-0.15, -0.1) is 11.3 Å². The minimum absolute atomic E-state index is 0.00351. The first-order valence-corrected chi connectivity index (χ1v) is 14.2. The molecule has 43 heavy (non-hydrogen) atoms. The highest BCUT2D eigenvalue weighted by Gasteiger charge is 2.18. The number of hydrogen-bond donors (Lipinski definition) is 1. The van der Waals surface area contributed by atoms with Gasteiger partial charge in [0.25, 0.3) is 5.91 Å². The molecule has 4 aromatic rings. The van der Waals surface area contributed by atoms with Crippen LogP contribution in [0.2, 0.25) is 0 Å². The van der Waals surface area contributed by atoms with Crippen LogP contribution >= 0.6 is 11.3 Å². The number of anilines is 1. The predicted octanol–water partition coefficient (Wildman–Crippen LogP) is 5.28. The van der Waals surface area contributed by atoms with Crippen molar-refractivity contribution in [1.82, 2.24) is 4.68 Å². The van der Waals surface area contributed by atoms with Crippen LogP contribution in [0.5, 0.6) is 17.2 Å². The van der Waals surface area contributed by atoms with E-state index >= 15 is 0 Å². The van der Waals surface area contributed by atoms with Crippen molar-refractivity contribution in [3.05, 3.63) is 99.7 Å². The van der Waals surface area contributed by atoms with Gasteiger partial charge in [-0.25, -0.2) is 9.47 Å². The first-order valence-electron chi connectivity index (χ1n) is 13.3. The van der Waals surface area contributed by atoms with Gasteiger partial charge in [0, 0.05) is 10.9 Å². The molecule has 11 heteroatoms. The Balaban J connectivity index is 1.39. The molecule has 0 spiro atoms. The zero-order chi connectivity index (χ0) is 30.3. The largest absolute Gasteiger partial charge is 0.493 e. The number of nitrogens with zero attached hydrogens (tertiary/aromatic N) is 3. The molecule has 1 N–H and O–H groups in total. The van der Waals surface area contributed by atoms with Gasteiger partial charge in [0.1, 0.15) is 12.4 Å². The molecule has 2 heterocycles. The van der Waals surface area contributed by atoms with Crippen LogP contribution in [-0.4, -0.2) is 50.1 Å². The summed E-state index contributed by atoms with van der Waals surface area (Å²) >= 11 is 1.46. The number of benzene rings is 3. The molecule has 10 nitrogen and oxygen atoms in total. The lowest BCUT2D eigenvalue weighted by Crippen LogP contribution is -2.25. The Morgan fingerprint density at radius 1 is 1.12 bits per heavy atom. The van der Waals surface area contributed by atoms with Gasteiger partial charge in [0.05, 0.1) is 43.9 Å². The number of esters is 1. The number of ether oxygens (including phenoxy) is 4. The molecular weight excluding hydrogens is 568 g/mol. The van der Waals surface area contributed by atoms with Crippen LogP contribution in [0.1, 0.15) is 28.4 Å². The number of amides is 1. The van der Waals surface area contributed by atoms with Crippen LogP contribution in [0.4, 0.5) is 5.69 Å². The number of thiazole rings is 1. The second-order valence-corrected chi connectivity index (χ2v) is 10.5. The van der Waals surface area contributed by atoms with Gasteiger partial charge in [-0.3, -0.25) is 9.79 Å². The number of carbonyl (C=O) groups is 2. The van der Waals surface area contributed by atoms with Gasteiger partial charge in [-0.2, -0.15) is 5.10 Å². The van der Waals surface area contributed by atoms with E-state index in [2.05, 4.69) is 16.9 Å². The summed E-state index contributed by atoms with van der Waals surface area (Å²) in [6, 6.07) is 18.2. The minimum Gasteiger partial charge on any atom is -0.493 e. The molecule has 0 saturated carbocycles. The van der Waals surface area contributed by atoms with Gasteiger partial charge in [0.2, 0.25) is 4.80 Å². The Morgan fingerprint density at radius 2 is 1.93 bits per heavy atom. The van der Waals surface area contributed by atoms with Gasteiger partial charge in [-0.1, -0.05) is 24.3 Å². The van der Waals surface area contributed by atoms with E-state index in [1.54, 1.807) is 30.1 Å². The number of methoxy groups -OCH3 is 2. The van der Waals surface area contributed by atoms with Crippen molar-refractivity contribution in [3.63, 3.8) is 0 Å². The zero-order valence-corrected chi connectivity index (χ0v) is 24.8. The fourth-order valence-electron chi connectivity index (χ4n) is 4.19. The van der Waals surface area contributed by atoms with E-state index in [0.717, 1.165) is 28.0 Å². The van der Waals surface area contributed by atoms with Gasteiger partial charge in [-0.05, 0) is 66.6 Å². The highest BCUT2D eigenvalue weighted by atomic mass is 32.1. The summed E-state index contributed by atoms with van der Waals surface area (Å²) in [5.74, 6) is 1.14. The summed E-state index contributed by atoms with van der Waals surface area (Å²) in [6.07, 6.45) is 1.72. The van der Waals surface area contributed by atoms with Crippen LogP contribution in [0, 0.1) is 0 Å². The van der Waals surface area contributed by atoms with E-state index in [-0.39, 0.29) is 18.5 Å². The first kappa shape index (κ1) is 29.3. The molecule has 0 aliphatic carbocycles. The van der Waals surface area contributed by atoms with Crippen LogP contribution in [0.25, 0.3) is 11.3 Å². The third-order valence-corrected chi connectivity index (χ3v) is 7.21. The maximum Gasteiger partial charge on any atom is 0.337 e. The Labute approximate surface area is 252 Å². The zero-order valence-electron chi connectivity index (χ0n) is 24.0. The number of fused-ring (bicyclic) bond motifs is 1. The third kappa shape index (κ3) is 7.02. The second-order valence-electron chi connectivity index (χ2n) is 9.67. The van der Waals surface area contributed by atoms with E-state index < -0.39 is 0 Å². The minimum atomic E-state index is -0.387. The Kier molecular flexibility index (Phi) is 9.02. The summed E-state index contributed by atoms with van der Waals surface area (Å²) in [5.41, 5.74) is 5.33. The fourth-order valence-corrected chi connectivity index (χ4v) is 5.02. The van der Waals surface area contributed by atoms with E-state index in [0.29, 0.717) is 46.5 Å². The van der Waals surface area contributed by atoms with E-state index in [4.69, 9.17) is 24.0 Å². The van der Waals surface area contributed by atoms with Crippen LogP contribution < -0.4 is 24.3 Å². The molecule has 0 fully saturated rings. The molecule has 0 atom stereocenters. The average Bonchev–Trinajstić information content (AvgIpc) is 3.44. The van der Waals surface area contributed by atoms with Crippen molar-refractivity contribution in [2.75, 3.05) is 32.7 Å². The van der Waals surface area contributed by atoms with Crippen molar-refractivity contribution >= 4 is 35.1 Å². The Hall–Kier alpha value is -5.16. The van der Waals surface area contributed by atoms with Crippen LogP contribution in [0.15, 0.2) is 88.3 Å². The lowest BCUT2D eigenvalue weighted by molar-refractivity contribution is -0.118. The van der Waals surface area contributed by atoms with Crippen molar-refractivity contribution in [2.24, 2.45) is 10.1 Å². The van der Waals surface area contributed by atoms with Crippen molar-refractivity contribution in [1.29, 1.82) is 0 Å². The summed E-state index contributed by atoms with van der Waals surface area (Å²) in [5, 5.41) is 9.60. The topological polar surface area (TPSA) is 113 Å². The lowest BCUT2D eigenvalue weighted by Gasteiger charge is -2.18. The highest BCUT2D eigenvalue weighted by Crippen LogP contribution is 2.33. The van der Waals surface area contributed by atoms with Crippen LogP contribution in [0.3, 0.4) is 0 Å². The van der Waals surface area contributed by atoms with Crippen molar-refractivity contribution in [3.8, 4) is 28.5 Å². The molecule has 0 radical (unpaired) electrons. The van der Waals surface area contributed by atoms with Gasteiger partial charge < -0.3 is 24.3 Å². The average molecular weight is 599 g/mol. The second kappa shape index (κ2) is 13.2. The summed E-state index contributed by atoms with van der Waals surface area (Å²) < 4.78 is 23.6. The molecule has 220 valence electrons. The molecule has 0 saturated heterocycles. The van der Waals surface area contributed by atoms with E-state index in [1.165, 1.54) is 18.4 Å². The smallest absolute Gasteiger partial charge is 0.337 e. The number of carbonyl (C=O) groups excluding carboxylic acids is 2. The Bertz CT molecular complexity index is 1770. The quantitative estimate of drug-likeness (QED) is 0.151. The fraction of sp³-hybridized carbons (Fsp3) is 0.188. The molecule has 5 rings (SSSR count). The molecule has 0 bridgehead atoms. The molecule has 3 aromatic carbocycles. The monoisotopic (exact) mass is 598 g/mol. The number of nitrogens with one attached hydrogen (secondary N) is 1. The van der Waals surface area contributed by atoms with Gasteiger partial charge in [0.15, 0.2) is 18.1 Å². The number of hydrogen-bond acceptors (Lipinski definition) is 9. The predicted molar refractivity (Wildman–Crippen MR) is 165 cm³/mol. The van der Waals surface area contributed by atoms with E-state index in [1.807, 2.05) is 60.8 Å². The molecule has 1 aliphatic rings. The van der Waals surface area contributed by atoms with Crippen molar-refractivity contribution in [2.45, 2.75) is 13.5 Å². The third-order valence-electron chi connectivity index (χ3n) is 6.36. The molecule has 1 aliphatic heterocycles. The van der Waals surface area contributed by atoms with E-state index in [9.17, 15) is 9.59 Å². The SMILES string of the molecule is C=C(C)CN=c1scc(-c2ccc3c(c2)NC(=O)CO3)n1N=Cc1ccc(OCc2ccc(C(=O)OC)cc2)c(OC)c1. The maximum atomic E-state index is 11.9. The maximum absolute atomic E-state index is 11.9. The summed E-state index contributed by atoms with van der Waals surface area (Å²) in [7, 11) is 2.93. The number of rotatable bonds is 10. The number of aromatic nitrogens is 1. The van der Waals surface area contributed by atoms with Crippen LogP contribution in [-0.2, 0) is 16.1 Å². The standard InChI is InChI=1S/C32H30N4O6S/c1-20(2)15-33-32-36(26(19-43-32)24-10-12-27-25(14-24)35-30(37)18-42-27)34-16-22-7-11-28(29(13-22)39-3)41-17-21-5-8-23(9-6-21)31(38)40-4/h5-14,16,19H,1,15,17-18H2,2-4H3,(H,35,37). The lowest BCUT2D eigenvalue weighted by atomic mass is 10.1. The molecule has 1 amide bonds. The first-order chi connectivity index (χ1) is 20.8. The molecule has 0 unspecified atom stereocenters. The van der Waals surface area contributed by atoms with Gasteiger partial charge >= 0.3 is 5.97 Å². The summed E-state index contributed by atoms with van der Waals surface area (Å²) in [4.78, 5) is 28.9.